The number of aromatic amines is 1. The van der Waals surface area contributed by atoms with E-state index in [0.717, 1.165) is 51.3 Å². The first kappa shape index (κ1) is 20.1. The predicted octanol–water partition coefficient (Wildman–Crippen LogP) is 1.94. The third-order valence-electron chi connectivity index (χ3n) is 5.88. The molecule has 0 bridgehead atoms. The molecule has 1 atom stereocenters. The summed E-state index contributed by atoms with van der Waals surface area (Å²) in [6.45, 7) is 12.3. The molecule has 4 rings (SSSR count). The Morgan fingerprint density at radius 3 is 2.72 bits per heavy atom. The van der Waals surface area contributed by atoms with Crippen molar-refractivity contribution < 1.29 is 4.74 Å². The van der Waals surface area contributed by atoms with Gasteiger partial charge in [-0.1, -0.05) is 20.8 Å². The third kappa shape index (κ3) is 4.53. The van der Waals surface area contributed by atoms with E-state index in [4.69, 9.17) is 4.74 Å². The third-order valence-corrected chi connectivity index (χ3v) is 5.88. The van der Waals surface area contributed by atoms with Crippen LogP contribution in [0.1, 0.15) is 50.9 Å². The molecule has 0 radical (unpaired) electrons. The summed E-state index contributed by atoms with van der Waals surface area (Å²) < 4.78 is 7.07. The van der Waals surface area contributed by atoms with Gasteiger partial charge in [0.05, 0.1) is 37.3 Å². The number of nitrogens with zero attached hydrogens (tertiary/aromatic N) is 5. The molecule has 0 spiro atoms. The van der Waals surface area contributed by atoms with Gasteiger partial charge in [0.15, 0.2) is 0 Å². The average molecular weight is 401 g/mol. The van der Waals surface area contributed by atoms with Gasteiger partial charge >= 0.3 is 0 Å². The second-order valence-electron chi connectivity index (χ2n) is 9.15. The van der Waals surface area contributed by atoms with E-state index in [9.17, 15) is 4.79 Å². The minimum absolute atomic E-state index is 0.0143. The molecule has 2 aromatic heterocycles. The van der Waals surface area contributed by atoms with E-state index in [1.54, 1.807) is 10.7 Å². The first-order valence-corrected chi connectivity index (χ1v) is 10.6. The largest absolute Gasteiger partial charge is 0.378 e. The van der Waals surface area contributed by atoms with Crippen LogP contribution in [0.4, 0.5) is 5.69 Å². The summed E-state index contributed by atoms with van der Waals surface area (Å²) in [7, 11) is 0. The number of morpholine rings is 1. The number of piperidine rings is 1. The summed E-state index contributed by atoms with van der Waals surface area (Å²) in [6.07, 6.45) is 5.82. The van der Waals surface area contributed by atoms with Crippen LogP contribution in [0.2, 0.25) is 0 Å². The zero-order chi connectivity index (χ0) is 20.4. The second-order valence-corrected chi connectivity index (χ2v) is 9.15. The van der Waals surface area contributed by atoms with Gasteiger partial charge in [-0.2, -0.15) is 10.2 Å². The number of anilines is 1. The minimum Gasteiger partial charge on any atom is -0.378 e. The number of ether oxygens (including phenoxy) is 1. The SMILES string of the molecule is CC(C)(C)c1[nH]ncc1CN1CCC[C@@H](n2ncc(N3CCOCC3)cc2=O)C1. The van der Waals surface area contributed by atoms with E-state index in [1.165, 1.54) is 11.3 Å². The van der Waals surface area contributed by atoms with Gasteiger partial charge in [0.25, 0.3) is 5.56 Å². The van der Waals surface area contributed by atoms with Gasteiger partial charge < -0.3 is 9.64 Å². The van der Waals surface area contributed by atoms with Crippen molar-refractivity contribution >= 4 is 5.69 Å². The Balaban J connectivity index is 1.46. The van der Waals surface area contributed by atoms with Gasteiger partial charge in [0.1, 0.15) is 0 Å². The van der Waals surface area contributed by atoms with E-state index in [1.807, 2.05) is 12.4 Å². The van der Waals surface area contributed by atoms with E-state index < -0.39 is 0 Å². The predicted molar refractivity (Wildman–Crippen MR) is 112 cm³/mol. The van der Waals surface area contributed by atoms with Crippen LogP contribution in [-0.4, -0.2) is 64.3 Å². The molecule has 2 fully saturated rings. The molecule has 8 nitrogen and oxygen atoms in total. The lowest BCUT2D eigenvalue weighted by atomic mass is 9.89. The topological polar surface area (TPSA) is 79.3 Å². The standard InChI is InChI=1S/C21H32N6O2/c1-21(2,3)20-16(12-22-24-20)14-25-6-4-5-17(15-25)27-19(28)11-18(13-23-27)26-7-9-29-10-8-26/h11-13,17H,4-10,14-15H2,1-3H3,(H,22,24)/t17-/m1/s1. The normalized spacial score (nSPS) is 21.5. The summed E-state index contributed by atoms with van der Waals surface area (Å²) >= 11 is 0. The van der Waals surface area contributed by atoms with Crippen molar-refractivity contribution in [2.75, 3.05) is 44.3 Å². The summed E-state index contributed by atoms with van der Waals surface area (Å²) in [5.74, 6) is 0. The maximum Gasteiger partial charge on any atom is 0.269 e. The highest BCUT2D eigenvalue weighted by Crippen LogP contribution is 2.27. The Bertz CT molecular complexity index is 878. The van der Waals surface area contributed by atoms with E-state index in [0.29, 0.717) is 13.2 Å². The fraction of sp³-hybridized carbons (Fsp3) is 0.667. The smallest absolute Gasteiger partial charge is 0.269 e. The lowest BCUT2D eigenvalue weighted by Gasteiger charge is -2.34. The monoisotopic (exact) mass is 400 g/mol. The number of aromatic nitrogens is 4. The second kappa shape index (κ2) is 8.28. The number of likely N-dealkylation sites (tertiary alicyclic amines) is 1. The van der Waals surface area contributed by atoms with Gasteiger partial charge in [0, 0.05) is 48.9 Å². The molecule has 0 saturated carbocycles. The summed E-state index contributed by atoms with van der Waals surface area (Å²) in [5, 5.41) is 12.0. The Kier molecular flexibility index (Phi) is 5.74. The first-order chi connectivity index (χ1) is 13.9. The number of hydrogen-bond acceptors (Lipinski definition) is 6. The molecule has 2 saturated heterocycles. The molecule has 0 amide bonds. The van der Waals surface area contributed by atoms with Crippen LogP contribution in [-0.2, 0) is 16.7 Å². The van der Waals surface area contributed by atoms with Crippen LogP contribution in [0.25, 0.3) is 0 Å². The maximum absolute atomic E-state index is 12.8. The van der Waals surface area contributed by atoms with Gasteiger partial charge in [-0.05, 0) is 19.4 Å². The molecule has 158 valence electrons. The van der Waals surface area contributed by atoms with Crippen molar-refractivity contribution in [2.24, 2.45) is 0 Å². The fourth-order valence-corrected chi connectivity index (χ4v) is 4.37. The van der Waals surface area contributed by atoms with Crippen LogP contribution in [0.15, 0.2) is 23.3 Å². The first-order valence-electron chi connectivity index (χ1n) is 10.6. The van der Waals surface area contributed by atoms with Crippen LogP contribution in [0, 0.1) is 0 Å². The van der Waals surface area contributed by atoms with Gasteiger partial charge in [-0.25, -0.2) is 4.68 Å². The highest BCUT2D eigenvalue weighted by Gasteiger charge is 2.26. The zero-order valence-electron chi connectivity index (χ0n) is 17.7. The number of hydrogen-bond donors (Lipinski definition) is 1. The average Bonchev–Trinajstić information content (AvgIpc) is 3.17. The summed E-state index contributed by atoms with van der Waals surface area (Å²) in [6, 6.07) is 1.84. The summed E-state index contributed by atoms with van der Waals surface area (Å²) in [4.78, 5) is 17.4. The van der Waals surface area contributed by atoms with Crippen molar-refractivity contribution in [1.29, 1.82) is 0 Å². The molecule has 0 aromatic carbocycles. The van der Waals surface area contributed by atoms with Crippen molar-refractivity contribution in [2.45, 2.75) is 51.6 Å². The van der Waals surface area contributed by atoms with Gasteiger partial charge in [0.2, 0.25) is 0 Å². The van der Waals surface area contributed by atoms with E-state index in [2.05, 4.69) is 45.9 Å². The van der Waals surface area contributed by atoms with Crippen molar-refractivity contribution in [3.05, 3.63) is 40.1 Å². The molecule has 1 N–H and O–H groups in total. The zero-order valence-corrected chi connectivity index (χ0v) is 17.7. The molecule has 29 heavy (non-hydrogen) atoms. The van der Waals surface area contributed by atoms with Crippen LogP contribution in [0.3, 0.4) is 0 Å². The summed E-state index contributed by atoms with van der Waals surface area (Å²) in [5.41, 5.74) is 3.34. The maximum atomic E-state index is 12.8. The van der Waals surface area contributed by atoms with Gasteiger partial charge in [-0.3, -0.25) is 14.8 Å². The van der Waals surface area contributed by atoms with Gasteiger partial charge in [-0.15, -0.1) is 0 Å². The van der Waals surface area contributed by atoms with E-state index >= 15 is 0 Å². The molecule has 2 aromatic rings. The quantitative estimate of drug-likeness (QED) is 0.845. The Morgan fingerprint density at radius 1 is 1.21 bits per heavy atom. The lowest BCUT2D eigenvalue weighted by Crippen LogP contribution is -2.41. The van der Waals surface area contributed by atoms with E-state index in [-0.39, 0.29) is 17.0 Å². The lowest BCUT2D eigenvalue weighted by molar-refractivity contribution is 0.122. The minimum atomic E-state index is -0.0143. The molecular weight excluding hydrogens is 368 g/mol. The molecule has 8 heteroatoms. The number of H-pyrrole nitrogens is 1. The molecule has 0 unspecified atom stereocenters. The van der Waals surface area contributed by atoms with Crippen LogP contribution in [0.5, 0.6) is 0 Å². The Hall–Kier alpha value is -2.19. The van der Waals surface area contributed by atoms with Crippen LogP contribution >= 0.6 is 0 Å². The number of nitrogens with one attached hydrogen (secondary N) is 1. The fourth-order valence-electron chi connectivity index (χ4n) is 4.37. The molecule has 2 aliphatic rings. The van der Waals surface area contributed by atoms with Crippen molar-refractivity contribution in [3.8, 4) is 0 Å². The van der Waals surface area contributed by atoms with Crippen molar-refractivity contribution in [3.63, 3.8) is 0 Å². The molecule has 0 aliphatic carbocycles. The highest BCUT2D eigenvalue weighted by atomic mass is 16.5. The molecular formula is C21H32N6O2. The Labute approximate surface area is 171 Å². The van der Waals surface area contributed by atoms with Crippen molar-refractivity contribution in [1.82, 2.24) is 24.9 Å². The molecule has 2 aliphatic heterocycles. The Morgan fingerprint density at radius 2 is 2.00 bits per heavy atom. The highest BCUT2D eigenvalue weighted by molar-refractivity contribution is 5.43. The number of rotatable bonds is 4. The van der Waals surface area contributed by atoms with Crippen LogP contribution < -0.4 is 10.5 Å². The molecule has 4 heterocycles.